The van der Waals surface area contributed by atoms with Crippen molar-refractivity contribution in [3.8, 4) is 11.1 Å². The van der Waals surface area contributed by atoms with Gasteiger partial charge in [-0.3, -0.25) is 0 Å². The summed E-state index contributed by atoms with van der Waals surface area (Å²) >= 11 is 0. The number of fused-ring (bicyclic) bond motifs is 3. The topological polar surface area (TPSA) is 49.8 Å². The first kappa shape index (κ1) is 17.9. The predicted octanol–water partition coefficient (Wildman–Crippen LogP) is 3.93. The molecule has 2 aromatic rings. The molecule has 0 bridgehead atoms. The fourth-order valence-corrected chi connectivity index (χ4v) is 3.87. The summed E-state index contributed by atoms with van der Waals surface area (Å²) in [6.07, 6.45) is -6.15. The highest BCUT2D eigenvalue weighted by atomic mass is 19.4. The van der Waals surface area contributed by atoms with Gasteiger partial charge in [-0.15, -0.1) is 0 Å². The van der Waals surface area contributed by atoms with E-state index in [0.29, 0.717) is 0 Å². The highest BCUT2D eigenvalue weighted by Gasteiger charge is 2.58. The van der Waals surface area contributed by atoms with Gasteiger partial charge in [0.15, 0.2) is 5.60 Å². The van der Waals surface area contributed by atoms with Gasteiger partial charge in [0.2, 0.25) is 0 Å². The number of carbonyl (C=O) groups excluding carboxylic acids is 1. The quantitative estimate of drug-likeness (QED) is 0.863. The number of rotatable bonds is 2. The fourth-order valence-electron chi connectivity index (χ4n) is 3.87. The van der Waals surface area contributed by atoms with Gasteiger partial charge in [0.25, 0.3) is 0 Å². The molecule has 0 radical (unpaired) electrons. The van der Waals surface area contributed by atoms with Crippen molar-refractivity contribution in [2.45, 2.75) is 24.1 Å². The van der Waals surface area contributed by atoms with Crippen LogP contribution in [0.25, 0.3) is 11.1 Å². The van der Waals surface area contributed by atoms with Gasteiger partial charge in [-0.25, -0.2) is 4.79 Å². The third-order valence-corrected chi connectivity index (χ3v) is 5.37. The van der Waals surface area contributed by atoms with Gasteiger partial charge < -0.3 is 14.7 Å². The lowest BCUT2D eigenvalue weighted by Gasteiger charge is -2.25. The summed E-state index contributed by atoms with van der Waals surface area (Å²) in [6, 6.07) is 15.6. The Kier molecular flexibility index (Phi) is 4.14. The first-order chi connectivity index (χ1) is 12.8. The third-order valence-electron chi connectivity index (χ3n) is 5.37. The molecule has 0 aromatic heterocycles. The third kappa shape index (κ3) is 2.96. The second-order valence-electron chi connectivity index (χ2n) is 7.00. The van der Waals surface area contributed by atoms with Crippen molar-refractivity contribution in [3.63, 3.8) is 0 Å². The van der Waals surface area contributed by atoms with Gasteiger partial charge in [-0.05, 0) is 22.3 Å². The maximum absolute atomic E-state index is 12.9. The highest BCUT2D eigenvalue weighted by molar-refractivity contribution is 5.79. The number of halogens is 3. The molecule has 1 aliphatic carbocycles. The van der Waals surface area contributed by atoms with Crippen molar-refractivity contribution in [2.75, 3.05) is 19.7 Å². The molecule has 1 atom stereocenters. The van der Waals surface area contributed by atoms with Crippen LogP contribution in [0.2, 0.25) is 0 Å². The Hall–Kier alpha value is -2.54. The molecule has 1 heterocycles. The zero-order chi connectivity index (χ0) is 19.2. The number of nitrogens with zero attached hydrogens (tertiary/aromatic N) is 1. The number of hydrogen-bond donors (Lipinski definition) is 1. The summed E-state index contributed by atoms with van der Waals surface area (Å²) in [7, 11) is 0. The number of carbonyl (C=O) groups is 1. The Bertz CT molecular complexity index is 837. The number of ether oxygens (including phenoxy) is 1. The Balaban J connectivity index is 1.48. The van der Waals surface area contributed by atoms with Crippen LogP contribution in [0.15, 0.2) is 48.5 Å². The van der Waals surface area contributed by atoms with Crippen LogP contribution in [0.5, 0.6) is 0 Å². The molecule has 4 nitrogen and oxygen atoms in total. The average molecular weight is 377 g/mol. The van der Waals surface area contributed by atoms with Gasteiger partial charge >= 0.3 is 12.3 Å². The minimum Gasteiger partial charge on any atom is -0.448 e. The molecule has 1 aliphatic heterocycles. The molecule has 7 heteroatoms. The van der Waals surface area contributed by atoms with Crippen molar-refractivity contribution in [2.24, 2.45) is 0 Å². The maximum atomic E-state index is 12.9. The molecule has 1 saturated heterocycles. The van der Waals surface area contributed by atoms with E-state index in [1.165, 1.54) is 0 Å². The molecule has 4 rings (SSSR count). The van der Waals surface area contributed by atoms with E-state index in [0.717, 1.165) is 27.2 Å². The first-order valence-electron chi connectivity index (χ1n) is 8.69. The summed E-state index contributed by atoms with van der Waals surface area (Å²) in [5, 5.41) is 9.71. The Labute approximate surface area is 154 Å². The molecule has 142 valence electrons. The number of amides is 1. The minimum absolute atomic E-state index is 0.0355. The Morgan fingerprint density at radius 1 is 1.11 bits per heavy atom. The standard InChI is InChI=1S/C20H18F3NO3/c21-20(22,23)19(26)9-10-24(12-19)18(25)27-11-17-15-7-3-1-5-13(15)14-6-2-4-8-16(14)17/h1-8,17,26H,9-12H2. The molecule has 0 saturated carbocycles. The van der Waals surface area contributed by atoms with Crippen molar-refractivity contribution < 1.29 is 27.8 Å². The normalized spacial score (nSPS) is 21.9. The van der Waals surface area contributed by atoms with Gasteiger partial charge in [0.1, 0.15) is 6.61 Å². The summed E-state index contributed by atoms with van der Waals surface area (Å²) in [4.78, 5) is 13.2. The molecule has 27 heavy (non-hydrogen) atoms. The molecule has 1 amide bonds. The second kappa shape index (κ2) is 6.27. The lowest BCUT2D eigenvalue weighted by molar-refractivity contribution is -0.253. The van der Waals surface area contributed by atoms with Crippen LogP contribution in [0.3, 0.4) is 0 Å². The Morgan fingerprint density at radius 2 is 1.67 bits per heavy atom. The predicted molar refractivity (Wildman–Crippen MR) is 92.3 cm³/mol. The maximum Gasteiger partial charge on any atom is 0.419 e. The second-order valence-corrected chi connectivity index (χ2v) is 7.00. The zero-order valence-corrected chi connectivity index (χ0v) is 14.4. The number of alkyl halides is 3. The number of likely N-dealkylation sites (tertiary alicyclic amines) is 1. The van der Waals surface area contributed by atoms with Crippen molar-refractivity contribution in [1.29, 1.82) is 0 Å². The van der Waals surface area contributed by atoms with Crippen LogP contribution in [0.1, 0.15) is 23.5 Å². The van der Waals surface area contributed by atoms with E-state index in [-0.39, 0.29) is 19.1 Å². The van der Waals surface area contributed by atoms with Crippen molar-refractivity contribution >= 4 is 6.09 Å². The van der Waals surface area contributed by atoms with Crippen molar-refractivity contribution in [3.05, 3.63) is 59.7 Å². The van der Waals surface area contributed by atoms with Crippen LogP contribution < -0.4 is 0 Å². The van der Waals surface area contributed by atoms with E-state index in [1.54, 1.807) is 0 Å². The number of hydrogen-bond acceptors (Lipinski definition) is 3. The molecular formula is C20H18F3NO3. The number of aliphatic hydroxyl groups is 1. The molecule has 0 spiro atoms. The van der Waals surface area contributed by atoms with E-state index in [1.807, 2.05) is 48.5 Å². The summed E-state index contributed by atoms with van der Waals surface area (Å²) < 4.78 is 44.1. The first-order valence-corrected chi connectivity index (χ1v) is 8.69. The van der Waals surface area contributed by atoms with E-state index in [2.05, 4.69) is 0 Å². The van der Waals surface area contributed by atoms with Gasteiger partial charge in [-0.1, -0.05) is 48.5 Å². The zero-order valence-electron chi connectivity index (χ0n) is 14.4. The van der Waals surface area contributed by atoms with Gasteiger partial charge in [-0.2, -0.15) is 13.2 Å². The summed E-state index contributed by atoms with van der Waals surface area (Å²) in [6.45, 7) is -0.951. The lowest BCUT2D eigenvalue weighted by Crippen LogP contribution is -2.48. The van der Waals surface area contributed by atoms with Gasteiger partial charge in [0, 0.05) is 18.9 Å². The summed E-state index contributed by atoms with van der Waals surface area (Å²) in [5.41, 5.74) is 1.33. The fraction of sp³-hybridized carbons (Fsp3) is 0.350. The number of β-amino-alcohol motifs (C(OH)–C–C–N with tert-alkyl or cyclic N) is 1. The molecular weight excluding hydrogens is 359 g/mol. The summed E-state index contributed by atoms with van der Waals surface area (Å²) in [5.74, 6) is -0.162. The molecule has 2 aliphatic rings. The molecule has 1 N–H and O–H groups in total. The van der Waals surface area contributed by atoms with E-state index >= 15 is 0 Å². The van der Waals surface area contributed by atoms with E-state index in [9.17, 15) is 23.1 Å². The van der Waals surface area contributed by atoms with Gasteiger partial charge in [0.05, 0.1) is 6.54 Å². The van der Waals surface area contributed by atoms with Crippen molar-refractivity contribution in [1.82, 2.24) is 4.90 Å². The highest BCUT2D eigenvalue weighted by Crippen LogP contribution is 2.44. The number of benzene rings is 2. The van der Waals surface area contributed by atoms with E-state index < -0.39 is 30.8 Å². The van der Waals surface area contributed by atoms with Crippen LogP contribution in [-0.2, 0) is 4.74 Å². The van der Waals surface area contributed by atoms with Crippen LogP contribution in [-0.4, -0.2) is 47.6 Å². The molecule has 1 fully saturated rings. The lowest BCUT2D eigenvalue weighted by atomic mass is 9.98. The average Bonchev–Trinajstić information content (AvgIpc) is 3.19. The molecule has 2 aromatic carbocycles. The molecule has 1 unspecified atom stereocenters. The monoisotopic (exact) mass is 377 g/mol. The SMILES string of the molecule is O=C(OCC1c2ccccc2-c2ccccc21)N1CCC(O)(C(F)(F)F)C1. The van der Waals surface area contributed by atoms with Crippen LogP contribution >= 0.6 is 0 Å². The smallest absolute Gasteiger partial charge is 0.419 e. The Morgan fingerprint density at radius 3 is 2.19 bits per heavy atom. The van der Waals surface area contributed by atoms with Crippen LogP contribution in [0.4, 0.5) is 18.0 Å². The largest absolute Gasteiger partial charge is 0.448 e. The van der Waals surface area contributed by atoms with Crippen LogP contribution in [0, 0.1) is 0 Å². The van der Waals surface area contributed by atoms with E-state index in [4.69, 9.17) is 4.74 Å². The minimum atomic E-state index is -4.77.